The highest BCUT2D eigenvalue weighted by atomic mass is 32.2. The zero-order valence-electron chi connectivity index (χ0n) is 12.7. The van der Waals surface area contributed by atoms with E-state index in [0.717, 1.165) is 0 Å². The fourth-order valence-corrected chi connectivity index (χ4v) is 3.86. The van der Waals surface area contributed by atoms with Crippen LogP contribution in [0.25, 0.3) is 0 Å². The molecule has 2 N–H and O–H groups in total. The number of hydrogen-bond donors (Lipinski definition) is 2. The van der Waals surface area contributed by atoms with Crippen LogP contribution in [-0.2, 0) is 10.0 Å². The first kappa shape index (κ1) is 16.7. The third-order valence-corrected chi connectivity index (χ3v) is 5.03. The Kier molecular flexibility index (Phi) is 5.36. The molecule has 0 saturated carbocycles. The van der Waals surface area contributed by atoms with Gasteiger partial charge in [0, 0.05) is 30.9 Å². The van der Waals surface area contributed by atoms with E-state index in [-0.39, 0.29) is 17.4 Å². The normalized spacial score (nSPS) is 18.6. The van der Waals surface area contributed by atoms with Gasteiger partial charge in [0.15, 0.2) is 0 Å². The number of H-pyrrole nitrogens is 1. The molecule has 1 aromatic rings. The maximum absolute atomic E-state index is 12.0. The monoisotopic (exact) mass is 326 g/mol. The van der Waals surface area contributed by atoms with Crippen molar-refractivity contribution in [2.24, 2.45) is 0 Å². The van der Waals surface area contributed by atoms with Crippen LogP contribution in [0.15, 0.2) is 23.5 Å². The molecule has 0 spiro atoms. The van der Waals surface area contributed by atoms with Crippen LogP contribution >= 0.6 is 0 Å². The summed E-state index contributed by atoms with van der Waals surface area (Å²) in [5.74, 6) is 0.605. The van der Waals surface area contributed by atoms with Gasteiger partial charge in [-0.1, -0.05) is 6.08 Å². The molecule has 8 heteroatoms. The molecule has 1 saturated heterocycles. The van der Waals surface area contributed by atoms with Gasteiger partial charge in [0.2, 0.25) is 16.0 Å². The van der Waals surface area contributed by atoms with Gasteiger partial charge in [0.1, 0.15) is 0 Å². The van der Waals surface area contributed by atoms with Crippen molar-refractivity contribution in [3.63, 3.8) is 0 Å². The predicted molar refractivity (Wildman–Crippen MR) is 86.6 cm³/mol. The largest absolute Gasteiger partial charge is 0.341 e. The molecule has 7 nitrogen and oxygen atoms in total. The van der Waals surface area contributed by atoms with Crippen LogP contribution in [0, 0.1) is 6.92 Å². The molecule has 1 atom stereocenters. The number of aryl methyl sites for hydroxylation is 1. The molecule has 1 aromatic heterocycles. The number of aromatic amines is 1. The number of nitrogens with one attached hydrogen (secondary N) is 2. The summed E-state index contributed by atoms with van der Waals surface area (Å²) >= 11 is 0. The average molecular weight is 326 g/mol. The van der Waals surface area contributed by atoms with E-state index in [0.29, 0.717) is 44.0 Å². The van der Waals surface area contributed by atoms with E-state index in [9.17, 15) is 13.2 Å². The molecule has 2 heterocycles. The van der Waals surface area contributed by atoms with Crippen LogP contribution in [-0.4, -0.2) is 43.3 Å². The first-order chi connectivity index (χ1) is 10.4. The molecule has 2 rings (SSSR count). The maximum Gasteiger partial charge on any atom is 0.252 e. The second kappa shape index (κ2) is 7.06. The van der Waals surface area contributed by atoms with Crippen LogP contribution in [0.5, 0.6) is 0 Å². The summed E-state index contributed by atoms with van der Waals surface area (Å²) in [5, 5.41) is 0. The second-order valence-electron chi connectivity index (χ2n) is 5.51. The molecule has 0 aromatic carbocycles. The Hall–Kier alpha value is -1.67. The smallest absolute Gasteiger partial charge is 0.252 e. The number of nitrogens with zero attached hydrogens (tertiary/aromatic N) is 2. The maximum atomic E-state index is 12.0. The Morgan fingerprint density at radius 1 is 1.59 bits per heavy atom. The van der Waals surface area contributed by atoms with Gasteiger partial charge in [-0.05, 0) is 26.2 Å². The molecule has 1 aliphatic rings. The van der Waals surface area contributed by atoms with Gasteiger partial charge in [0.25, 0.3) is 5.56 Å². The minimum absolute atomic E-state index is 0.106. The van der Waals surface area contributed by atoms with E-state index < -0.39 is 10.0 Å². The third-order valence-electron chi connectivity index (χ3n) is 3.51. The Morgan fingerprint density at radius 3 is 3.05 bits per heavy atom. The molecule has 0 aliphatic carbocycles. The van der Waals surface area contributed by atoms with Crippen LogP contribution in [0.4, 0.5) is 5.95 Å². The van der Waals surface area contributed by atoms with Crippen LogP contribution < -0.4 is 15.2 Å². The zero-order valence-corrected chi connectivity index (χ0v) is 13.5. The summed E-state index contributed by atoms with van der Waals surface area (Å²) in [6.45, 7) is 6.51. The van der Waals surface area contributed by atoms with Crippen LogP contribution in [0.3, 0.4) is 0 Å². The van der Waals surface area contributed by atoms with E-state index in [1.807, 2.05) is 4.90 Å². The molecule has 122 valence electrons. The third kappa shape index (κ3) is 4.67. The molecule has 1 aliphatic heterocycles. The SMILES string of the molecule is C=CCCCS(=O)(=O)NC1CCN(c2nc(C)cc(=O)[nH]2)C1. The summed E-state index contributed by atoms with van der Waals surface area (Å²) in [6.07, 6.45) is 3.67. The van der Waals surface area contributed by atoms with Crippen molar-refractivity contribution in [1.29, 1.82) is 0 Å². The Labute approximate surface area is 130 Å². The molecular formula is C14H22N4O3S. The zero-order chi connectivity index (χ0) is 16.2. The predicted octanol–water partition coefficient (Wildman–Crippen LogP) is 0.543. The molecule has 1 unspecified atom stereocenters. The van der Waals surface area contributed by atoms with Crippen molar-refractivity contribution in [3.05, 3.63) is 34.8 Å². The number of rotatable bonds is 7. The van der Waals surface area contributed by atoms with Gasteiger partial charge in [0.05, 0.1) is 5.75 Å². The number of allylic oxidation sites excluding steroid dienone is 1. The molecule has 0 amide bonds. The highest BCUT2D eigenvalue weighted by Crippen LogP contribution is 2.16. The quantitative estimate of drug-likeness (QED) is 0.563. The summed E-state index contributed by atoms with van der Waals surface area (Å²) in [7, 11) is -3.28. The Morgan fingerprint density at radius 2 is 2.36 bits per heavy atom. The van der Waals surface area contributed by atoms with E-state index in [4.69, 9.17) is 0 Å². The van der Waals surface area contributed by atoms with E-state index >= 15 is 0 Å². The lowest BCUT2D eigenvalue weighted by molar-refractivity contribution is 0.559. The standard InChI is InChI=1S/C14H22N4O3S/c1-3-4-5-8-22(20,21)17-12-6-7-18(10-12)14-15-11(2)9-13(19)16-14/h3,9,12,17H,1,4-8,10H2,2H3,(H,15,16,19). The van der Waals surface area contributed by atoms with Crippen molar-refractivity contribution < 1.29 is 8.42 Å². The molecule has 0 bridgehead atoms. The average Bonchev–Trinajstić information content (AvgIpc) is 2.85. The lowest BCUT2D eigenvalue weighted by Crippen LogP contribution is -2.38. The lowest BCUT2D eigenvalue weighted by Gasteiger charge is -2.17. The fraction of sp³-hybridized carbons (Fsp3) is 0.571. The van der Waals surface area contributed by atoms with Gasteiger partial charge in [-0.2, -0.15) is 0 Å². The van der Waals surface area contributed by atoms with Crippen molar-refractivity contribution in [2.75, 3.05) is 23.7 Å². The summed E-state index contributed by atoms with van der Waals surface area (Å²) in [5.41, 5.74) is 0.447. The second-order valence-corrected chi connectivity index (χ2v) is 7.38. The minimum atomic E-state index is -3.28. The highest BCUT2D eigenvalue weighted by Gasteiger charge is 2.27. The van der Waals surface area contributed by atoms with Crippen molar-refractivity contribution in [3.8, 4) is 0 Å². The van der Waals surface area contributed by atoms with E-state index in [1.54, 1.807) is 13.0 Å². The van der Waals surface area contributed by atoms with E-state index in [2.05, 4.69) is 21.3 Å². The van der Waals surface area contributed by atoms with Gasteiger partial charge in [-0.25, -0.2) is 18.1 Å². The number of sulfonamides is 1. The topological polar surface area (TPSA) is 95.2 Å². The summed E-state index contributed by atoms with van der Waals surface area (Å²) in [6, 6.07) is 1.28. The Bertz CT molecular complexity index is 684. The molecular weight excluding hydrogens is 304 g/mol. The van der Waals surface area contributed by atoms with Gasteiger partial charge in [-0.15, -0.1) is 6.58 Å². The number of aromatic nitrogens is 2. The highest BCUT2D eigenvalue weighted by molar-refractivity contribution is 7.89. The summed E-state index contributed by atoms with van der Waals surface area (Å²) < 4.78 is 26.7. The van der Waals surface area contributed by atoms with Gasteiger partial charge in [-0.3, -0.25) is 9.78 Å². The molecule has 1 fully saturated rings. The van der Waals surface area contributed by atoms with Crippen LogP contribution in [0.1, 0.15) is 25.0 Å². The molecule has 22 heavy (non-hydrogen) atoms. The van der Waals surface area contributed by atoms with Gasteiger partial charge < -0.3 is 4.90 Å². The minimum Gasteiger partial charge on any atom is -0.341 e. The van der Waals surface area contributed by atoms with Gasteiger partial charge >= 0.3 is 0 Å². The number of anilines is 1. The fourth-order valence-electron chi connectivity index (χ4n) is 2.49. The number of hydrogen-bond acceptors (Lipinski definition) is 5. The van der Waals surface area contributed by atoms with Crippen LogP contribution in [0.2, 0.25) is 0 Å². The first-order valence-corrected chi connectivity index (χ1v) is 8.98. The molecule has 0 radical (unpaired) electrons. The summed E-state index contributed by atoms with van der Waals surface area (Å²) in [4.78, 5) is 20.4. The van der Waals surface area contributed by atoms with Crippen molar-refractivity contribution in [1.82, 2.24) is 14.7 Å². The Balaban J connectivity index is 1.95. The van der Waals surface area contributed by atoms with Crippen molar-refractivity contribution >= 4 is 16.0 Å². The lowest BCUT2D eigenvalue weighted by atomic mass is 10.3. The van der Waals surface area contributed by atoms with Crippen molar-refractivity contribution in [2.45, 2.75) is 32.2 Å². The number of unbranched alkanes of at least 4 members (excludes halogenated alkanes) is 1. The van der Waals surface area contributed by atoms with E-state index in [1.165, 1.54) is 6.07 Å². The first-order valence-electron chi connectivity index (χ1n) is 7.33.